The van der Waals surface area contributed by atoms with E-state index in [-0.39, 0.29) is 20.1 Å². The van der Waals surface area contributed by atoms with Gasteiger partial charge in [-0.2, -0.15) is 0 Å². The minimum atomic E-state index is 0. The summed E-state index contributed by atoms with van der Waals surface area (Å²) in [7, 11) is 0. The molecule has 0 spiro atoms. The van der Waals surface area contributed by atoms with E-state index < -0.39 is 0 Å². The maximum Gasteiger partial charge on any atom is 0.0239 e. The van der Waals surface area contributed by atoms with Crippen LogP contribution < -0.4 is 0 Å². The molecule has 2 nitrogen and oxygen atoms in total. The van der Waals surface area contributed by atoms with Crippen molar-refractivity contribution in [1.82, 2.24) is 9.97 Å². The molecule has 46 heavy (non-hydrogen) atoms. The normalized spacial score (nSPS) is 26.2. The van der Waals surface area contributed by atoms with E-state index in [1.54, 1.807) is 22.3 Å². The molecular weight excluding hydrogens is 737 g/mol. The fourth-order valence-corrected chi connectivity index (χ4v) is 9.70. The second-order valence-electron chi connectivity index (χ2n) is 14.4. The van der Waals surface area contributed by atoms with Gasteiger partial charge in [-0.3, -0.25) is 0 Å². The van der Waals surface area contributed by atoms with Crippen LogP contribution in [-0.2, 0) is 20.1 Å². The summed E-state index contributed by atoms with van der Waals surface area (Å²) in [5.41, 5.74) is 13.2. The van der Waals surface area contributed by atoms with Gasteiger partial charge < -0.3 is 9.97 Å². The molecule has 0 N–H and O–H groups in total. The van der Waals surface area contributed by atoms with Gasteiger partial charge in [0.25, 0.3) is 0 Å². The first-order valence-corrected chi connectivity index (χ1v) is 17.3. The van der Waals surface area contributed by atoms with Gasteiger partial charge >= 0.3 is 0 Å². The summed E-state index contributed by atoms with van der Waals surface area (Å²) in [5.74, 6) is 5.09. The summed E-state index contributed by atoms with van der Waals surface area (Å²) in [6.07, 6.45) is 16.5. The van der Waals surface area contributed by atoms with Gasteiger partial charge in [0, 0.05) is 32.5 Å². The molecule has 5 aromatic rings. The Morgan fingerprint density at radius 1 is 0.500 bits per heavy atom. The number of hydrogen-bond acceptors (Lipinski definition) is 2. The average molecular weight is 777 g/mol. The smallest absolute Gasteiger partial charge is 0.0239 e. The van der Waals surface area contributed by atoms with E-state index in [0.29, 0.717) is 0 Å². The molecule has 2 unspecified atom stereocenters. The zero-order valence-corrected chi connectivity index (χ0v) is 28.7. The largest absolute Gasteiger partial charge is 0.305 e. The molecule has 12 rings (SSSR count). The van der Waals surface area contributed by atoms with Crippen molar-refractivity contribution in [3.05, 3.63) is 132 Å². The first-order valence-electron chi connectivity index (χ1n) is 17.3. The minimum Gasteiger partial charge on any atom is -0.305 e. The zero-order valence-electron chi connectivity index (χ0n) is 26.3. The van der Waals surface area contributed by atoms with Gasteiger partial charge in [-0.1, -0.05) is 86.2 Å². The van der Waals surface area contributed by atoms with Crippen LogP contribution in [0, 0.1) is 24.0 Å². The number of rotatable bonds is 3. The number of pyridine rings is 2. The number of hydrogen-bond donors (Lipinski definition) is 0. The van der Waals surface area contributed by atoms with E-state index in [1.807, 2.05) is 24.5 Å². The summed E-state index contributed by atoms with van der Waals surface area (Å²) in [5, 5.41) is 0. The Bertz CT molecular complexity index is 1790. The molecule has 3 heteroatoms. The van der Waals surface area contributed by atoms with E-state index in [0.717, 1.165) is 58.0 Å². The zero-order chi connectivity index (χ0) is 29.7. The molecule has 3 saturated carbocycles. The molecule has 2 atom stereocenters. The van der Waals surface area contributed by atoms with Crippen LogP contribution in [0.1, 0.15) is 104 Å². The van der Waals surface area contributed by atoms with Crippen molar-refractivity contribution >= 4 is 0 Å². The summed E-state index contributed by atoms with van der Waals surface area (Å²) in [6.45, 7) is 0. The van der Waals surface area contributed by atoms with Crippen LogP contribution in [0.4, 0.5) is 0 Å². The van der Waals surface area contributed by atoms with Crippen molar-refractivity contribution in [2.75, 3.05) is 0 Å². The van der Waals surface area contributed by atoms with Crippen LogP contribution in [0.5, 0.6) is 0 Å². The van der Waals surface area contributed by atoms with Gasteiger partial charge in [-0.25, -0.2) is 0 Å². The van der Waals surface area contributed by atoms with Gasteiger partial charge in [0.2, 0.25) is 0 Å². The van der Waals surface area contributed by atoms with Crippen molar-refractivity contribution in [3.8, 4) is 33.6 Å². The molecule has 3 aromatic carbocycles. The quantitative estimate of drug-likeness (QED) is 0.171. The molecule has 2 heterocycles. The first-order chi connectivity index (χ1) is 22.2. The molecular formula is C43H40IrN2-2. The van der Waals surface area contributed by atoms with Crippen LogP contribution in [-0.4, -0.2) is 9.97 Å². The molecule has 0 saturated heterocycles. The first kappa shape index (κ1) is 30.0. The van der Waals surface area contributed by atoms with E-state index in [1.165, 1.54) is 68.9 Å². The second kappa shape index (κ2) is 12.7. The molecule has 1 radical (unpaired) electrons. The molecule has 0 aliphatic heterocycles. The van der Waals surface area contributed by atoms with Gasteiger partial charge in [-0.05, 0) is 90.3 Å². The summed E-state index contributed by atoms with van der Waals surface area (Å²) < 4.78 is 0. The fourth-order valence-electron chi connectivity index (χ4n) is 9.70. The van der Waals surface area contributed by atoms with Crippen LogP contribution >= 0.6 is 0 Å². The molecule has 3 fully saturated rings. The predicted octanol–water partition coefficient (Wildman–Crippen LogP) is 10.9. The topological polar surface area (TPSA) is 25.8 Å². The van der Waals surface area contributed by atoms with E-state index in [9.17, 15) is 0 Å². The summed E-state index contributed by atoms with van der Waals surface area (Å²) >= 11 is 0. The minimum absolute atomic E-state index is 0. The van der Waals surface area contributed by atoms with Crippen molar-refractivity contribution < 1.29 is 20.1 Å². The Morgan fingerprint density at radius 2 is 1.07 bits per heavy atom. The van der Waals surface area contributed by atoms with E-state index >= 15 is 0 Å². The standard InChI is InChI=1S/C26H24N.C17H16N.Ir/c1-2-4-19(5-3-1)21-7-9-26(27-16-21)20-6-8-24-22-11-17-10-18(12-22)14-23(13-17)25(24)15-20;1-2-10-18-17(3-1)14-8-9-15-12-4-6-13(7-5-12)16(15)11-14;/h1-5,7-9,15-18,22-23H,10-14H2;1-3,9-13H,4-7H2;/q2*-1;. The van der Waals surface area contributed by atoms with Crippen molar-refractivity contribution in [3.63, 3.8) is 0 Å². The molecule has 233 valence electrons. The number of benzene rings is 3. The van der Waals surface area contributed by atoms with Crippen molar-refractivity contribution in [1.29, 1.82) is 0 Å². The third-order valence-corrected chi connectivity index (χ3v) is 11.7. The molecule has 6 bridgehead atoms. The van der Waals surface area contributed by atoms with Crippen molar-refractivity contribution in [2.24, 2.45) is 11.8 Å². The maximum absolute atomic E-state index is 4.78. The van der Waals surface area contributed by atoms with Gasteiger partial charge in [-0.15, -0.1) is 69.8 Å². The Balaban J connectivity index is 0.000000143. The second-order valence-corrected chi connectivity index (χ2v) is 14.4. The predicted molar refractivity (Wildman–Crippen MR) is 182 cm³/mol. The Kier molecular flexibility index (Phi) is 8.25. The third-order valence-electron chi connectivity index (χ3n) is 11.7. The maximum atomic E-state index is 4.78. The van der Waals surface area contributed by atoms with Crippen LogP contribution in [0.2, 0.25) is 0 Å². The third kappa shape index (κ3) is 5.61. The van der Waals surface area contributed by atoms with E-state index in [2.05, 4.69) is 89.9 Å². The fraction of sp³-hybridized carbons (Fsp3) is 0.349. The number of aromatic nitrogens is 2. The van der Waals surface area contributed by atoms with Crippen LogP contribution in [0.3, 0.4) is 0 Å². The average Bonchev–Trinajstić information content (AvgIpc) is 3.29. The van der Waals surface area contributed by atoms with Crippen molar-refractivity contribution in [2.45, 2.75) is 81.5 Å². The Morgan fingerprint density at radius 3 is 1.67 bits per heavy atom. The Hall–Kier alpha value is -3.39. The summed E-state index contributed by atoms with van der Waals surface area (Å²) in [6, 6.07) is 37.2. The SMILES string of the molecule is [Ir].[c-]1cc2c(cc1-c1ccc(-c3ccccc3)cn1)C1CC3CC(CC2C3)C1.[c-]1cc2c(cc1-c1ccccn1)C1CCC2CC1. The molecule has 2 aromatic heterocycles. The van der Waals surface area contributed by atoms with Gasteiger partial charge in [0.15, 0.2) is 0 Å². The van der Waals surface area contributed by atoms with Gasteiger partial charge in [0.05, 0.1) is 0 Å². The van der Waals surface area contributed by atoms with Gasteiger partial charge in [0.1, 0.15) is 0 Å². The molecule has 0 amide bonds. The number of nitrogens with zero attached hydrogens (tertiary/aromatic N) is 2. The molecule has 7 aliphatic rings. The number of fused-ring (bicyclic) bond motifs is 2. The monoisotopic (exact) mass is 777 g/mol. The van der Waals surface area contributed by atoms with Crippen LogP contribution in [0.15, 0.2) is 97.3 Å². The summed E-state index contributed by atoms with van der Waals surface area (Å²) in [4.78, 5) is 9.20. The Labute approximate surface area is 287 Å². The van der Waals surface area contributed by atoms with E-state index in [4.69, 9.17) is 4.98 Å². The molecule has 7 aliphatic carbocycles. The van der Waals surface area contributed by atoms with Crippen LogP contribution in [0.25, 0.3) is 33.6 Å².